The number of anilines is 1. The molecule has 0 aromatic heterocycles. The molecule has 1 heterocycles. The Labute approximate surface area is 183 Å². The highest BCUT2D eigenvalue weighted by Crippen LogP contribution is 2.45. The summed E-state index contributed by atoms with van der Waals surface area (Å²) in [5.41, 5.74) is 2.79. The van der Waals surface area contributed by atoms with Crippen molar-refractivity contribution in [2.45, 2.75) is 18.9 Å². The molecule has 1 aliphatic rings. The van der Waals surface area contributed by atoms with Gasteiger partial charge in [-0.1, -0.05) is 60.7 Å². The van der Waals surface area contributed by atoms with Gasteiger partial charge in [0.15, 0.2) is 0 Å². The fourth-order valence-electron chi connectivity index (χ4n) is 4.52. The summed E-state index contributed by atoms with van der Waals surface area (Å²) in [7, 11) is 0. The van der Waals surface area contributed by atoms with Crippen LogP contribution in [0, 0.1) is 15.9 Å². The lowest BCUT2D eigenvalue weighted by atomic mass is 9.81. The predicted molar refractivity (Wildman–Crippen MR) is 121 cm³/mol. The number of carbonyl (C=O) groups is 1. The molecule has 1 aliphatic heterocycles. The number of nitro benzene ring substituents is 1. The number of rotatable bonds is 4. The minimum Gasteiger partial charge on any atom is -0.308 e. The summed E-state index contributed by atoms with van der Waals surface area (Å²) in [6.45, 7) is 0.124. The molecule has 6 heteroatoms. The normalized spacial score (nSPS) is 15.6. The van der Waals surface area contributed by atoms with Crippen molar-refractivity contribution in [2.24, 2.45) is 0 Å². The number of carbonyl (C=O) groups excluding carboxylic acids is 1. The zero-order chi connectivity index (χ0) is 22.2. The summed E-state index contributed by atoms with van der Waals surface area (Å²) in [5.74, 6) is -0.837. The van der Waals surface area contributed by atoms with Crippen molar-refractivity contribution in [3.8, 4) is 0 Å². The molecule has 0 radical (unpaired) electrons. The molecule has 0 spiro atoms. The Hall–Kier alpha value is -4.06. The van der Waals surface area contributed by atoms with E-state index in [2.05, 4.69) is 0 Å². The fraction of sp³-hybridized carbons (Fsp3) is 0.115. The largest absolute Gasteiger partial charge is 0.308 e. The number of nitrogens with zero attached hydrogens (tertiary/aromatic N) is 2. The first-order valence-corrected chi connectivity index (χ1v) is 10.3. The fourth-order valence-corrected chi connectivity index (χ4v) is 4.52. The van der Waals surface area contributed by atoms with Gasteiger partial charge in [0, 0.05) is 35.7 Å². The molecule has 0 bridgehead atoms. The highest BCUT2D eigenvalue weighted by molar-refractivity contribution is 6.03. The Bertz CT molecular complexity index is 1370. The zero-order valence-corrected chi connectivity index (χ0v) is 17.1. The third-order valence-electron chi connectivity index (χ3n) is 6.04. The number of hydrogen-bond donors (Lipinski definition) is 0. The molecular formula is C26H19FN2O3. The molecule has 1 amide bonds. The van der Waals surface area contributed by atoms with Crippen LogP contribution in [0.1, 0.15) is 29.0 Å². The number of nitro groups is 1. The third-order valence-corrected chi connectivity index (χ3v) is 6.04. The second-order valence-corrected chi connectivity index (χ2v) is 7.90. The van der Waals surface area contributed by atoms with Crippen molar-refractivity contribution < 1.29 is 14.1 Å². The van der Waals surface area contributed by atoms with Gasteiger partial charge in [0.05, 0.1) is 11.5 Å². The van der Waals surface area contributed by atoms with Gasteiger partial charge in [-0.25, -0.2) is 4.39 Å². The highest BCUT2D eigenvalue weighted by atomic mass is 19.1. The molecule has 0 saturated heterocycles. The summed E-state index contributed by atoms with van der Waals surface area (Å²) in [6.07, 6.45) is 0.149. The van der Waals surface area contributed by atoms with E-state index in [1.807, 2.05) is 42.5 Å². The Kier molecular flexibility index (Phi) is 4.90. The standard InChI is InChI=1S/C26H19FN2O3/c27-23-11-4-2-7-19(23)16-28-24-13-12-17-6-1-3-10-21(17)26(24)22(15-25(28)30)18-8-5-9-20(14-18)29(31)32/h1-14,22H,15-16H2. The number of halogens is 1. The first kappa shape index (κ1) is 19.9. The van der Waals surface area contributed by atoms with Crippen LogP contribution in [0.5, 0.6) is 0 Å². The Morgan fingerprint density at radius 1 is 0.969 bits per heavy atom. The summed E-state index contributed by atoms with van der Waals surface area (Å²) < 4.78 is 14.4. The molecule has 0 fully saturated rings. The van der Waals surface area contributed by atoms with Crippen LogP contribution in [-0.2, 0) is 11.3 Å². The van der Waals surface area contributed by atoms with E-state index in [4.69, 9.17) is 0 Å². The van der Waals surface area contributed by atoms with Crippen molar-refractivity contribution in [3.63, 3.8) is 0 Å². The lowest BCUT2D eigenvalue weighted by Crippen LogP contribution is -2.36. The van der Waals surface area contributed by atoms with E-state index in [1.54, 1.807) is 29.2 Å². The molecule has 5 nitrogen and oxygen atoms in total. The van der Waals surface area contributed by atoms with Crippen LogP contribution in [0.4, 0.5) is 15.8 Å². The SMILES string of the molecule is O=C1CC(c2cccc([N+](=O)[O-])c2)c2c(ccc3ccccc23)N1Cc1ccccc1F. The highest BCUT2D eigenvalue weighted by Gasteiger charge is 2.34. The van der Waals surface area contributed by atoms with Crippen molar-refractivity contribution in [1.29, 1.82) is 0 Å². The number of non-ortho nitro benzene ring substituents is 1. The van der Waals surface area contributed by atoms with Crippen molar-refractivity contribution in [3.05, 3.63) is 118 Å². The topological polar surface area (TPSA) is 63.4 Å². The van der Waals surface area contributed by atoms with Crippen LogP contribution in [0.25, 0.3) is 10.8 Å². The summed E-state index contributed by atoms with van der Waals surface area (Å²) in [4.78, 5) is 25.8. The van der Waals surface area contributed by atoms with Crippen LogP contribution >= 0.6 is 0 Å². The maximum atomic E-state index is 14.4. The van der Waals surface area contributed by atoms with E-state index in [1.165, 1.54) is 18.2 Å². The van der Waals surface area contributed by atoms with Gasteiger partial charge in [-0.2, -0.15) is 0 Å². The van der Waals surface area contributed by atoms with E-state index >= 15 is 0 Å². The van der Waals surface area contributed by atoms with Crippen LogP contribution in [0.3, 0.4) is 0 Å². The van der Waals surface area contributed by atoms with Crippen molar-refractivity contribution in [1.82, 2.24) is 0 Å². The molecule has 4 aromatic rings. The van der Waals surface area contributed by atoms with Crippen LogP contribution in [0.15, 0.2) is 84.9 Å². The van der Waals surface area contributed by atoms with Gasteiger partial charge in [0.1, 0.15) is 5.82 Å². The van der Waals surface area contributed by atoms with Crippen LogP contribution in [-0.4, -0.2) is 10.8 Å². The summed E-state index contributed by atoms with van der Waals surface area (Å²) in [5, 5.41) is 13.3. The maximum absolute atomic E-state index is 14.4. The van der Waals surface area contributed by atoms with Crippen LogP contribution in [0.2, 0.25) is 0 Å². The van der Waals surface area contributed by atoms with Gasteiger partial charge in [-0.05, 0) is 34.0 Å². The number of benzene rings is 4. The molecule has 1 unspecified atom stereocenters. The average Bonchev–Trinajstić information content (AvgIpc) is 2.81. The molecule has 4 aromatic carbocycles. The monoisotopic (exact) mass is 426 g/mol. The minimum atomic E-state index is -0.428. The van der Waals surface area contributed by atoms with E-state index < -0.39 is 4.92 Å². The molecule has 158 valence electrons. The third kappa shape index (κ3) is 3.39. The molecule has 1 atom stereocenters. The summed E-state index contributed by atoms with van der Waals surface area (Å²) in [6, 6.07) is 24.6. The quantitative estimate of drug-likeness (QED) is 0.299. The van der Waals surface area contributed by atoms with Gasteiger partial charge in [0.25, 0.3) is 5.69 Å². The predicted octanol–water partition coefficient (Wildman–Crippen LogP) is 5.96. The Morgan fingerprint density at radius 2 is 1.75 bits per heavy atom. The minimum absolute atomic E-state index is 0.00878. The van der Waals surface area contributed by atoms with E-state index in [0.29, 0.717) is 11.3 Å². The second-order valence-electron chi connectivity index (χ2n) is 7.90. The first-order chi connectivity index (χ1) is 15.5. The van der Waals surface area contributed by atoms with Gasteiger partial charge >= 0.3 is 0 Å². The van der Waals surface area contributed by atoms with Crippen molar-refractivity contribution >= 4 is 28.1 Å². The molecule has 32 heavy (non-hydrogen) atoms. The molecule has 0 saturated carbocycles. The summed E-state index contributed by atoms with van der Waals surface area (Å²) >= 11 is 0. The van der Waals surface area contributed by atoms with Gasteiger partial charge in [0.2, 0.25) is 5.91 Å². The smallest absolute Gasteiger partial charge is 0.269 e. The van der Waals surface area contributed by atoms with E-state index in [-0.39, 0.29) is 36.3 Å². The number of hydrogen-bond acceptors (Lipinski definition) is 3. The lowest BCUT2D eigenvalue weighted by molar-refractivity contribution is -0.384. The van der Waals surface area contributed by atoms with E-state index in [0.717, 1.165) is 21.9 Å². The van der Waals surface area contributed by atoms with E-state index in [9.17, 15) is 19.3 Å². The Morgan fingerprint density at radius 3 is 2.56 bits per heavy atom. The number of amides is 1. The maximum Gasteiger partial charge on any atom is 0.269 e. The molecular weight excluding hydrogens is 407 g/mol. The average molecular weight is 426 g/mol. The first-order valence-electron chi connectivity index (χ1n) is 10.3. The zero-order valence-electron chi connectivity index (χ0n) is 17.1. The van der Waals surface area contributed by atoms with Crippen molar-refractivity contribution in [2.75, 3.05) is 4.90 Å². The van der Waals surface area contributed by atoms with Gasteiger partial charge < -0.3 is 4.90 Å². The second kappa shape index (κ2) is 7.89. The number of fused-ring (bicyclic) bond motifs is 3. The molecule has 0 aliphatic carbocycles. The van der Waals surface area contributed by atoms with Crippen LogP contribution < -0.4 is 4.90 Å². The molecule has 0 N–H and O–H groups in total. The molecule has 5 rings (SSSR count). The van der Waals surface area contributed by atoms with Gasteiger partial charge in [-0.3, -0.25) is 14.9 Å². The Balaban J connectivity index is 1.69. The van der Waals surface area contributed by atoms with Gasteiger partial charge in [-0.15, -0.1) is 0 Å². The lowest BCUT2D eigenvalue weighted by Gasteiger charge is -2.35.